The third kappa shape index (κ3) is 5.04. The van der Waals surface area contributed by atoms with Crippen LogP contribution >= 0.6 is 0 Å². The van der Waals surface area contributed by atoms with Gasteiger partial charge in [-0.2, -0.15) is 0 Å². The topological polar surface area (TPSA) is 76.0 Å². The Hall–Kier alpha value is -2.51. The third-order valence-electron chi connectivity index (χ3n) is 6.22. The highest BCUT2D eigenvalue weighted by atomic mass is 28.4. The Labute approximate surface area is 197 Å². The molecule has 1 fully saturated rings. The van der Waals surface area contributed by atoms with Crippen LogP contribution < -0.4 is 10.4 Å². The molecule has 1 saturated carbocycles. The lowest BCUT2D eigenvalue weighted by Gasteiger charge is -2.47. The van der Waals surface area contributed by atoms with Crippen LogP contribution in [0.3, 0.4) is 0 Å². The second-order valence-electron chi connectivity index (χ2n) is 9.41. The molecule has 6 heteroatoms. The molecule has 33 heavy (non-hydrogen) atoms. The number of aliphatic hydroxyl groups is 2. The zero-order chi connectivity index (χ0) is 24.2. The minimum Gasteiger partial charge on any atom is -0.463 e. The molecule has 0 amide bonds. The lowest BCUT2D eigenvalue weighted by atomic mass is 9.84. The van der Waals surface area contributed by atoms with E-state index in [0.29, 0.717) is 11.1 Å². The van der Waals surface area contributed by atoms with Crippen LogP contribution in [0, 0.1) is 0 Å². The molecule has 176 valence electrons. The lowest BCUT2D eigenvalue weighted by molar-refractivity contribution is -0.137. The maximum Gasteiger partial charge on any atom is 0.331 e. The van der Waals surface area contributed by atoms with Gasteiger partial charge >= 0.3 is 5.97 Å². The Morgan fingerprint density at radius 3 is 2.03 bits per heavy atom. The molecule has 0 bridgehead atoms. The smallest absolute Gasteiger partial charge is 0.331 e. The summed E-state index contributed by atoms with van der Waals surface area (Å²) in [6.45, 7) is 12.3. The average molecular weight is 467 g/mol. The van der Waals surface area contributed by atoms with E-state index in [2.05, 4.69) is 51.6 Å². The van der Waals surface area contributed by atoms with Crippen molar-refractivity contribution in [2.24, 2.45) is 0 Å². The summed E-state index contributed by atoms with van der Waals surface area (Å²) in [4.78, 5) is 12.1. The Bertz CT molecular complexity index is 955. The molecule has 3 unspecified atom stereocenters. The first kappa shape index (κ1) is 25.1. The van der Waals surface area contributed by atoms with E-state index in [1.165, 1.54) is 6.08 Å². The van der Waals surface area contributed by atoms with Gasteiger partial charge in [0, 0.05) is 12.5 Å². The minimum absolute atomic E-state index is 0.250. The van der Waals surface area contributed by atoms with Gasteiger partial charge < -0.3 is 19.4 Å². The Morgan fingerprint density at radius 1 is 1.06 bits per heavy atom. The highest BCUT2D eigenvalue weighted by molar-refractivity contribution is 6.99. The predicted molar refractivity (Wildman–Crippen MR) is 133 cm³/mol. The summed E-state index contributed by atoms with van der Waals surface area (Å²) in [6.07, 6.45) is -1.53. The van der Waals surface area contributed by atoms with E-state index in [1.807, 2.05) is 36.4 Å². The lowest BCUT2D eigenvalue weighted by Crippen LogP contribution is -2.69. The first-order chi connectivity index (χ1) is 15.6. The molecule has 5 nitrogen and oxygen atoms in total. The van der Waals surface area contributed by atoms with Gasteiger partial charge in [0.2, 0.25) is 0 Å². The van der Waals surface area contributed by atoms with Gasteiger partial charge in [0.15, 0.2) is 0 Å². The highest BCUT2D eigenvalue weighted by Gasteiger charge is 2.53. The van der Waals surface area contributed by atoms with Crippen molar-refractivity contribution in [3.63, 3.8) is 0 Å². The maximum absolute atomic E-state index is 12.1. The molecule has 0 saturated heterocycles. The van der Waals surface area contributed by atoms with E-state index in [1.54, 1.807) is 6.92 Å². The van der Waals surface area contributed by atoms with Crippen LogP contribution in [0.4, 0.5) is 0 Å². The van der Waals surface area contributed by atoms with Crippen LogP contribution in [-0.2, 0) is 14.0 Å². The first-order valence-electron chi connectivity index (χ1n) is 11.3. The molecule has 3 atom stereocenters. The fraction of sp³-hybridized carbons (Fsp3) is 0.370. The molecule has 0 radical (unpaired) electrons. The number of carbonyl (C=O) groups excluding carboxylic acids is 1. The van der Waals surface area contributed by atoms with Gasteiger partial charge in [-0.3, -0.25) is 0 Å². The van der Waals surface area contributed by atoms with E-state index in [-0.39, 0.29) is 18.1 Å². The van der Waals surface area contributed by atoms with Crippen LogP contribution in [0.2, 0.25) is 5.04 Å². The first-order valence-corrected chi connectivity index (χ1v) is 13.2. The molecular formula is C27H34O5Si. The van der Waals surface area contributed by atoms with Crippen molar-refractivity contribution in [2.45, 2.75) is 57.5 Å². The van der Waals surface area contributed by atoms with Gasteiger partial charge in [0.25, 0.3) is 8.32 Å². The summed E-state index contributed by atoms with van der Waals surface area (Å²) in [5.41, 5.74) is 0.854. The molecule has 0 aromatic heterocycles. The summed E-state index contributed by atoms with van der Waals surface area (Å²) < 4.78 is 12.1. The Morgan fingerprint density at radius 2 is 1.58 bits per heavy atom. The fourth-order valence-electron chi connectivity index (χ4n) is 4.58. The van der Waals surface area contributed by atoms with Crippen LogP contribution in [0.5, 0.6) is 0 Å². The number of rotatable bonds is 6. The summed E-state index contributed by atoms with van der Waals surface area (Å²) in [7, 11) is -2.96. The van der Waals surface area contributed by atoms with Gasteiger partial charge in [-0.15, -0.1) is 0 Å². The standard InChI is InChI=1S/C27H34O5Si/c1-6-31-24(28)18-20-17-23(26(30)25(29)19(20)2)32-33(27(3,4)5,21-13-9-7-10-14-21)22-15-11-8-12-16-22/h7-16,18,23,25-26,29-30H,2,6,17H2,1,3-5H3. The Balaban J connectivity index is 2.12. The summed E-state index contributed by atoms with van der Waals surface area (Å²) in [5.74, 6) is -0.499. The van der Waals surface area contributed by atoms with Gasteiger partial charge in [0.1, 0.15) is 12.2 Å². The minimum atomic E-state index is -2.96. The molecule has 1 aliphatic carbocycles. The maximum atomic E-state index is 12.1. The SMILES string of the molecule is C=C1C(=CC(=O)OCC)CC(O[Si](c2ccccc2)(c2ccccc2)C(C)(C)C)C(O)C1O. The van der Waals surface area contributed by atoms with E-state index < -0.39 is 32.6 Å². The molecule has 0 aliphatic heterocycles. The quantitative estimate of drug-likeness (QED) is 0.389. The second-order valence-corrected chi connectivity index (χ2v) is 13.7. The zero-order valence-electron chi connectivity index (χ0n) is 19.8. The fourth-order valence-corrected chi connectivity index (χ4v) is 9.27. The number of carbonyl (C=O) groups is 1. The van der Waals surface area contributed by atoms with Crippen molar-refractivity contribution >= 4 is 24.7 Å². The number of aliphatic hydroxyl groups excluding tert-OH is 2. The normalized spacial score (nSPS) is 22.9. The summed E-state index contributed by atoms with van der Waals surface area (Å²) >= 11 is 0. The summed E-state index contributed by atoms with van der Waals surface area (Å²) in [5, 5.41) is 23.7. The summed E-state index contributed by atoms with van der Waals surface area (Å²) in [6, 6.07) is 20.2. The van der Waals surface area contributed by atoms with Gasteiger partial charge in [-0.05, 0) is 33.5 Å². The van der Waals surface area contributed by atoms with Gasteiger partial charge in [0.05, 0.1) is 12.7 Å². The molecule has 0 heterocycles. The van der Waals surface area contributed by atoms with Crippen molar-refractivity contribution in [3.05, 3.63) is 84.5 Å². The molecule has 2 aromatic carbocycles. The largest absolute Gasteiger partial charge is 0.463 e. The molecule has 2 aromatic rings. The van der Waals surface area contributed by atoms with Gasteiger partial charge in [-0.1, -0.05) is 88.0 Å². The van der Waals surface area contributed by atoms with Crippen LogP contribution in [0.1, 0.15) is 34.1 Å². The van der Waals surface area contributed by atoms with Crippen LogP contribution in [0.15, 0.2) is 84.5 Å². The number of hydrogen-bond donors (Lipinski definition) is 2. The van der Waals surface area contributed by atoms with Crippen molar-refractivity contribution in [1.29, 1.82) is 0 Å². The molecule has 1 aliphatic rings. The van der Waals surface area contributed by atoms with E-state index >= 15 is 0 Å². The van der Waals surface area contributed by atoms with Crippen molar-refractivity contribution < 1.29 is 24.2 Å². The zero-order valence-corrected chi connectivity index (χ0v) is 20.8. The van der Waals surface area contributed by atoms with Crippen molar-refractivity contribution in [2.75, 3.05) is 6.61 Å². The number of esters is 1. The van der Waals surface area contributed by atoms with E-state index in [0.717, 1.165) is 10.4 Å². The monoisotopic (exact) mass is 466 g/mol. The Kier molecular flexibility index (Phi) is 7.75. The van der Waals surface area contributed by atoms with Crippen LogP contribution in [-0.4, -0.2) is 49.4 Å². The van der Waals surface area contributed by atoms with E-state index in [4.69, 9.17) is 9.16 Å². The van der Waals surface area contributed by atoms with Crippen molar-refractivity contribution in [3.8, 4) is 0 Å². The number of benzene rings is 2. The number of hydrogen-bond acceptors (Lipinski definition) is 5. The van der Waals surface area contributed by atoms with E-state index in [9.17, 15) is 15.0 Å². The van der Waals surface area contributed by atoms with Crippen molar-refractivity contribution in [1.82, 2.24) is 0 Å². The van der Waals surface area contributed by atoms with Crippen LogP contribution in [0.25, 0.3) is 0 Å². The number of ether oxygens (including phenoxy) is 1. The third-order valence-corrected chi connectivity index (χ3v) is 11.3. The molecular weight excluding hydrogens is 432 g/mol. The predicted octanol–water partition coefficient (Wildman–Crippen LogP) is 3.10. The highest BCUT2D eigenvalue weighted by Crippen LogP contribution is 2.40. The second kappa shape index (κ2) is 10.2. The average Bonchev–Trinajstić information content (AvgIpc) is 2.79. The molecule has 3 rings (SSSR count). The molecule has 0 spiro atoms. The van der Waals surface area contributed by atoms with Gasteiger partial charge in [-0.25, -0.2) is 4.79 Å². The molecule has 2 N–H and O–H groups in total.